The lowest BCUT2D eigenvalue weighted by atomic mass is 10.0. The number of aliphatic imine (C=N–C) groups is 1. The fourth-order valence-electron chi connectivity index (χ4n) is 1.29. The first-order valence-electron chi connectivity index (χ1n) is 5.23. The molecule has 0 spiro atoms. The number of nitrogens with zero attached hydrogens (tertiary/aromatic N) is 2. The van der Waals surface area contributed by atoms with Crippen LogP contribution in [0, 0.1) is 5.53 Å². The Hall–Kier alpha value is -1.51. The van der Waals surface area contributed by atoms with Crippen LogP contribution in [0.5, 0.6) is 0 Å². The van der Waals surface area contributed by atoms with Gasteiger partial charge in [0, 0.05) is 6.21 Å². The molecule has 15 heavy (non-hydrogen) atoms. The van der Waals surface area contributed by atoms with E-state index in [0.717, 1.165) is 12.1 Å². The molecule has 0 aliphatic carbocycles. The zero-order chi connectivity index (χ0) is 11.3. The van der Waals surface area contributed by atoms with Crippen LogP contribution >= 0.6 is 0 Å². The van der Waals surface area contributed by atoms with Crippen LogP contribution in [0.2, 0.25) is 0 Å². The second kappa shape index (κ2) is 5.39. The van der Waals surface area contributed by atoms with E-state index in [1.54, 1.807) is 0 Å². The van der Waals surface area contributed by atoms with Gasteiger partial charge in [-0.2, -0.15) is 5.11 Å². The van der Waals surface area contributed by atoms with Crippen LogP contribution in [0.3, 0.4) is 0 Å². The summed E-state index contributed by atoms with van der Waals surface area (Å²) in [5, 5.41) is 3.50. The Labute approximate surface area is 90.8 Å². The first-order valence-corrected chi connectivity index (χ1v) is 5.23. The Balaban J connectivity index is 3.09. The largest absolute Gasteiger partial charge is 0.259 e. The first-order chi connectivity index (χ1) is 7.19. The predicted octanol–water partition coefficient (Wildman–Crippen LogP) is 4.58. The maximum atomic E-state index is 7.11. The molecule has 0 unspecified atom stereocenters. The highest BCUT2D eigenvalue weighted by molar-refractivity contribution is 5.70. The lowest BCUT2D eigenvalue weighted by molar-refractivity contribution is 0.866. The lowest BCUT2D eigenvalue weighted by Gasteiger charge is -2.07. The molecule has 0 bridgehead atoms. The normalized spacial score (nSPS) is 11.2. The van der Waals surface area contributed by atoms with Gasteiger partial charge >= 0.3 is 0 Å². The number of hydrogen-bond acceptors (Lipinski definition) is 3. The predicted molar refractivity (Wildman–Crippen MR) is 63.8 cm³/mol. The van der Waals surface area contributed by atoms with E-state index >= 15 is 0 Å². The molecule has 1 N–H and O–H groups in total. The molecule has 0 aliphatic heterocycles. The molecule has 80 valence electrons. The van der Waals surface area contributed by atoms with Crippen molar-refractivity contribution in [2.24, 2.45) is 10.1 Å². The third-order valence-electron chi connectivity index (χ3n) is 2.20. The van der Waals surface area contributed by atoms with Gasteiger partial charge in [0.2, 0.25) is 0 Å². The highest BCUT2D eigenvalue weighted by atomic mass is 15.0. The minimum Gasteiger partial charge on any atom is -0.259 e. The van der Waals surface area contributed by atoms with Gasteiger partial charge in [0.25, 0.3) is 0 Å². The van der Waals surface area contributed by atoms with Gasteiger partial charge in [-0.1, -0.05) is 26.8 Å². The van der Waals surface area contributed by atoms with Gasteiger partial charge in [0.15, 0.2) is 0 Å². The van der Waals surface area contributed by atoms with Crippen LogP contribution in [-0.2, 0) is 0 Å². The maximum Gasteiger partial charge on any atom is 0.111 e. The second-order valence-corrected chi connectivity index (χ2v) is 3.73. The zero-order valence-electron chi connectivity index (χ0n) is 9.49. The van der Waals surface area contributed by atoms with Crippen molar-refractivity contribution in [2.75, 3.05) is 0 Å². The average Bonchev–Trinajstić information content (AvgIpc) is 2.25. The molecule has 0 radical (unpaired) electrons. The van der Waals surface area contributed by atoms with Gasteiger partial charge < -0.3 is 0 Å². The van der Waals surface area contributed by atoms with Crippen LogP contribution in [0.4, 0.5) is 11.4 Å². The summed E-state index contributed by atoms with van der Waals surface area (Å²) in [6.07, 6.45) is 2.72. The summed E-state index contributed by atoms with van der Waals surface area (Å²) in [4.78, 5) is 4.26. The van der Waals surface area contributed by atoms with E-state index < -0.39 is 0 Å². The Morgan fingerprint density at radius 1 is 1.33 bits per heavy atom. The molecular formula is C12H17N3. The molecule has 1 rings (SSSR count). The molecule has 0 aromatic heterocycles. The fraction of sp³-hybridized carbons (Fsp3) is 0.417. The fourth-order valence-corrected chi connectivity index (χ4v) is 1.29. The van der Waals surface area contributed by atoms with Crippen LogP contribution in [0.15, 0.2) is 28.3 Å². The van der Waals surface area contributed by atoms with Gasteiger partial charge in [-0.15, -0.1) is 0 Å². The summed E-state index contributed by atoms with van der Waals surface area (Å²) in [5.41, 5.74) is 9.72. The highest BCUT2D eigenvalue weighted by Gasteiger charge is 2.04. The Kier molecular flexibility index (Phi) is 4.16. The van der Waals surface area contributed by atoms with Gasteiger partial charge in [-0.05, 0) is 30.0 Å². The monoisotopic (exact) mass is 203 g/mol. The second-order valence-electron chi connectivity index (χ2n) is 3.73. The van der Waals surface area contributed by atoms with Gasteiger partial charge in [-0.3, -0.25) is 4.99 Å². The molecular weight excluding hydrogens is 186 g/mol. The van der Waals surface area contributed by atoms with E-state index in [4.69, 9.17) is 5.53 Å². The summed E-state index contributed by atoms with van der Waals surface area (Å²) in [6, 6.07) is 5.90. The zero-order valence-corrected chi connectivity index (χ0v) is 9.49. The average molecular weight is 203 g/mol. The summed E-state index contributed by atoms with van der Waals surface area (Å²) in [7, 11) is 0. The van der Waals surface area contributed by atoms with E-state index in [0.29, 0.717) is 11.6 Å². The molecule has 0 fully saturated rings. The Morgan fingerprint density at radius 2 is 2.07 bits per heavy atom. The van der Waals surface area contributed by atoms with E-state index in [1.165, 1.54) is 5.56 Å². The molecule has 0 saturated carbocycles. The Morgan fingerprint density at radius 3 is 2.60 bits per heavy atom. The summed E-state index contributed by atoms with van der Waals surface area (Å²) < 4.78 is 0. The van der Waals surface area contributed by atoms with Crippen molar-refractivity contribution in [3.63, 3.8) is 0 Å². The summed E-state index contributed by atoms with van der Waals surface area (Å²) in [5.74, 6) is 0.453. The van der Waals surface area contributed by atoms with Crippen molar-refractivity contribution in [1.29, 1.82) is 5.53 Å². The lowest BCUT2D eigenvalue weighted by Crippen LogP contribution is -1.85. The van der Waals surface area contributed by atoms with Gasteiger partial charge in [-0.25, -0.2) is 5.53 Å². The molecule has 3 nitrogen and oxygen atoms in total. The van der Waals surface area contributed by atoms with E-state index in [9.17, 15) is 0 Å². The summed E-state index contributed by atoms with van der Waals surface area (Å²) in [6.45, 7) is 6.28. The first kappa shape index (κ1) is 11.6. The molecule has 3 heteroatoms. The molecule has 1 aromatic carbocycles. The molecule has 0 saturated heterocycles. The minimum atomic E-state index is 0.453. The standard InChI is InChI=1S/C12H17N3/c1-4-7-14-11-6-5-10(9(2)3)8-12(11)15-13/h5-9,13H,4H2,1-3H3. The molecule has 0 atom stereocenters. The van der Waals surface area contributed by atoms with Crippen LogP contribution in [0.25, 0.3) is 0 Å². The van der Waals surface area contributed by atoms with Crippen molar-refractivity contribution < 1.29 is 0 Å². The smallest absolute Gasteiger partial charge is 0.111 e. The minimum absolute atomic E-state index is 0.453. The van der Waals surface area contributed by atoms with Crippen molar-refractivity contribution >= 4 is 17.6 Å². The number of benzene rings is 1. The number of nitrogens with one attached hydrogen (secondary N) is 1. The third-order valence-corrected chi connectivity index (χ3v) is 2.20. The number of hydrogen-bond donors (Lipinski definition) is 1. The van der Waals surface area contributed by atoms with Crippen LogP contribution < -0.4 is 0 Å². The van der Waals surface area contributed by atoms with Crippen molar-refractivity contribution in [2.45, 2.75) is 33.1 Å². The van der Waals surface area contributed by atoms with E-state index in [1.807, 2.05) is 31.3 Å². The van der Waals surface area contributed by atoms with Crippen molar-refractivity contribution in [3.8, 4) is 0 Å². The van der Waals surface area contributed by atoms with Crippen LogP contribution in [0.1, 0.15) is 38.7 Å². The topological polar surface area (TPSA) is 48.6 Å². The molecule has 0 amide bonds. The quantitative estimate of drug-likeness (QED) is 0.550. The van der Waals surface area contributed by atoms with Crippen molar-refractivity contribution in [3.05, 3.63) is 23.8 Å². The highest BCUT2D eigenvalue weighted by Crippen LogP contribution is 2.31. The molecule has 1 aromatic rings. The SMILES string of the molecule is CCC=Nc1ccc(C(C)C)cc1N=N. The maximum absolute atomic E-state index is 7.11. The van der Waals surface area contributed by atoms with Crippen LogP contribution in [-0.4, -0.2) is 6.21 Å². The Bertz CT molecular complexity index is 367. The van der Waals surface area contributed by atoms with Gasteiger partial charge in [0.1, 0.15) is 5.69 Å². The molecule has 0 aliphatic rings. The molecule has 0 heterocycles. The van der Waals surface area contributed by atoms with Crippen molar-refractivity contribution in [1.82, 2.24) is 0 Å². The third kappa shape index (κ3) is 2.98. The van der Waals surface area contributed by atoms with Gasteiger partial charge in [0.05, 0.1) is 5.69 Å². The van der Waals surface area contributed by atoms with E-state index in [-0.39, 0.29) is 0 Å². The van der Waals surface area contributed by atoms with E-state index in [2.05, 4.69) is 24.0 Å². The summed E-state index contributed by atoms with van der Waals surface area (Å²) >= 11 is 0. The number of rotatable bonds is 4.